The second-order valence-corrected chi connectivity index (χ2v) is 8.93. The summed E-state index contributed by atoms with van der Waals surface area (Å²) in [6.07, 6.45) is 7.68. The maximum Gasteiger partial charge on any atom is 0.126 e. The number of hydrogen-bond acceptors (Lipinski definition) is 5. The molecule has 0 bridgehead atoms. The molecule has 0 radical (unpaired) electrons. The fourth-order valence-electron chi connectivity index (χ4n) is 3.56. The molecule has 0 aromatic carbocycles. The molecule has 1 aliphatic carbocycles. The minimum atomic E-state index is 0.659. The topological polar surface area (TPSA) is 38.7 Å². The summed E-state index contributed by atoms with van der Waals surface area (Å²) < 4.78 is 1.23. The minimum Gasteiger partial charge on any atom is -0.242 e. The van der Waals surface area contributed by atoms with Crippen molar-refractivity contribution in [1.82, 2.24) is 15.0 Å². The van der Waals surface area contributed by atoms with Gasteiger partial charge < -0.3 is 0 Å². The van der Waals surface area contributed by atoms with E-state index in [1.807, 2.05) is 11.8 Å². The molecule has 0 aliphatic heterocycles. The third-order valence-electron chi connectivity index (χ3n) is 4.66. The van der Waals surface area contributed by atoms with Crippen molar-refractivity contribution in [2.45, 2.75) is 57.9 Å². The molecule has 3 aromatic heterocycles. The minimum absolute atomic E-state index is 0.659. The number of aromatic nitrogens is 3. The first-order chi connectivity index (χ1) is 11.7. The molecule has 24 heavy (non-hydrogen) atoms. The highest BCUT2D eigenvalue weighted by atomic mass is 32.2. The van der Waals surface area contributed by atoms with Gasteiger partial charge in [0.2, 0.25) is 0 Å². The summed E-state index contributed by atoms with van der Waals surface area (Å²) >= 11 is 3.64. The van der Waals surface area contributed by atoms with Gasteiger partial charge in [-0.1, -0.05) is 20.8 Å². The zero-order chi connectivity index (χ0) is 16.7. The SMILES string of the molecule is CCc1nc2sc3c(SCC(C)C)ncnc3c2c2c1CCCC2. The van der Waals surface area contributed by atoms with Gasteiger partial charge in [0, 0.05) is 16.8 Å². The summed E-state index contributed by atoms with van der Waals surface area (Å²) in [7, 11) is 0. The quantitative estimate of drug-likeness (QED) is 0.461. The highest BCUT2D eigenvalue weighted by Crippen LogP contribution is 2.41. The van der Waals surface area contributed by atoms with Gasteiger partial charge >= 0.3 is 0 Å². The van der Waals surface area contributed by atoms with Gasteiger partial charge in [0.1, 0.15) is 16.2 Å². The number of nitrogens with zero attached hydrogens (tertiary/aromatic N) is 3. The molecule has 0 atom stereocenters. The van der Waals surface area contributed by atoms with Gasteiger partial charge in [-0.15, -0.1) is 23.1 Å². The fraction of sp³-hybridized carbons (Fsp3) is 0.526. The lowest BCUT2D eigenvalue weighted by Gasteiger charge is -2.19. The summed E-state index contributed by atoms with van der Waals surface area (Å²) in [5.41, 5.74) is 5.46. The number of pyridine rings is 1. The van der Waals surface area contributed by atoms with E-state index in [9.17, 15) is 0 Å². The lowest BCUT2D eigenvalue weighted by molar-refractivity contribution is 0.679. The van der Waals surface area contributed by atoms with E-state index in [0.717, 1.165) is 27.5 Å². The molecule has 0 fully saturated rings. The summed E-state index contributed by atoms with van der Waals surface area (Å²) in [6, 6.07) is 0. The Balaban J connectivity index is 1.96. The molecule has 1 aliphatic rings. The van der Waals surface area contributed by atoms with Crippen molar-refractivity contribution in [1.29, 1.82) is 0 Å². The van der Waals surface area contributed by atoms with Crippen molar-refractivity contribution in [2.75, 3.05) is 5.75 Å². The Labute approximate surface area is 151 Å². The Morgan fingerprint density at radius 2 is 1.96 bits per heavy atom. The third-order valence-corrected chi connectivity index (χ3v) is 7.29. The molecule has 0 N–H and O–H groups in total. The van der Waals surface area contributed by atoms with Crippen molar-refractivity contribution >= 4 is 43.5 Å². The van der Waals surface area contributed by atoms with E-state index in [2.05, 4.69) is 30.7 Å². The molecular weight excluding hydrogens is 334 g/mol. The van der Waals surface area contributed by atoms with Gasteiger partial charge in [0.05, 0.1) is 10.2 Å². The molecule has 0 saturated heterocycles. The molecule has 126 valence electrons. The second kappa shape index (κ2) is 6.60. The summed E-state index contributed by atoms with van der Waals surface area (Å²) in [5.74, 6) is 1.75. The van der Waals surface area contributed by atoms with Gasteiger partial charge in [0.25, 0.3) is 0 Å². The zero-order valence-corrected chi connectivity index (χ0v) is 16.2. The predicted molar refractivity (Wildman–Crippen MR) is 104 cm³/mol. The van der Waals surface area contributed by atoms with E-state index in [1.165, 1.54) is 52.6 Å². The van der Waals surface area contributed by atoms with Gasteiger partial charge in [-0.05, 0) is 49.1 Å². The fourth-order valence-corrected chi connectivity index (χ4v) is 5.76. The van der Waals surface area contributed by atoms with Crippen LogP contribution in [0.3, 0.4) is 0 Å². The van der Waals surface area contributed by atoms with Crippen LogP contribution < -0.4 is 0 Å². The van der Waals surface area contributed by atoms with Crippen LogP contribution >= 0.6 is 23.1 Å². The van der Waals surface area contributed by atoms with Crippen LogP contribution in [-0.2, 0) is 19.3 Å². The first-order valence-electron chi connectivity index (χ1n) is 8.89. The first kappa shape index (κ1) is 16.3. The molecule has 3 heterocycles. The molecular formula is C19H23N3S2. The second-order valence-electron chi connectivity index (χ2n) is 6.92. The molecule has 0 saturated carbocycles. The molecule has 0 spiro atoms. The van der Waals surface area contributed by atoms with Crippen LogP contribution in [0.4, 0.5) is 0 Å². The van der Waals surface area contributed by atoms with Crippen molar-refractivity contribution in [3.05, 3.63) is 23.1 Å². The molecule has 0 unspecified atom stereocenters. The van der Waals surface area contributed by atoms with Crippen molar-refractivity contribution in [3.8, 4) is 0 Å². The van der Waals surface area contributed by atoms with E-state index < -0.39 is 0 Å². The van der Waals surface area contributed by atoms with Crippen LogP contribution in [0, 0.1) is 5.92 Å². The van der Waals surface area contributed by atoms with Crippen molar-refractivity contribution in [2.24, 2.45) is 5.92 Å². The average Bonchev–Trinajstić information content (AvgIpc) is 2.98. The number of fused-ring (bicyclic) bond motifs is 5. The van der Waals surface area contributed by atoms with Gasteiger partial charge in [-0.2, -0.15) is 0 Å². The van der Waals surface area contributed by atoms with Crippen LogP contribution in [0.2, 0.25) is 0 Å². The molecule has 4 rings (SSSR count). The lowest BCUT2D eigenvalue weighted by Crippen LogP contribution is -2.08. The standard InChI is InChI=1S/C19H23N3S2/c1-4-14-12-7-5-6-8-13(12)15-16-17(24-18(15)22-14)19(21-10-20-16)23-9-11(2)3/h10-11H,4-9H2,1-3H3. The van der Waals surface area contributed by atoms with E-state index in [4.69, 9.17) is 4.98 Å². The van der Waals surface area contributed by atoms with Crippen LogP contribution in [-0.4, -0.2) is 20.7 Å². The molecule has 0 amide bonds. The summed E-state index contributed by atoms with van der Waals surface area (Å²) in [4.78, 5) is 15.4. The van der Waals surface area contributed by atoms with Crippen LogP contribution in [0.1, 0.15) is 50.4 Å². The van der Waals surface area contributed by atoms with Gasteiger partial charge in [0.15, 0.2) is 0 Å². The normalized spacial score (nSPS) is 14.7. The number of hydrogen-bond donors (Lipinski definition) is 0. The Bertz CT molecular complexity index is 899. The van der Waals surface area contributed by atoms with Crippen LogP contribution in [0.25, 0.3) is 20.4 Å². The Morgan fingerprint density at radius 3 is 2.71 bits per heavy atom. The summed E-state index contributed by atoms with van der Waals surface area (Å²) in [5, 5.41) is 2.44. The third kappa shape index (κ3) is 2.72. The Morgan fingerprint density at radius 1 is 1.17 bits per heavy atom. The number of thiophene rings is 1. The first-order valence-corrected chi connectivity index (χ1v) is 10.7. The Kier molecular flexibility index (Phi) is 4.48. The predicted octanol–water partition coefficient (Wildman–Crippen LogP) is 5.43. The maximum absolute atomic E-state index is 5.02. The zero-order valence-electron chi connectivity index (χ0n) is 14.6. The molecule has 3 nitrogen and oxygen atoms in total. The maximum atomic E-state index is 5.02. The Hall–Kier alpha value is -1.20. The highest BCUT2D eigenvalue weighted by molar-refractivity contribution is 7.99. The number of aryl methyl sites for hydroxylation is 2. The molecule has 5 heteroatoms. The highest BCUT2D eigenvalue weighted by Gasteiger charge is 2.22. The van der Waals surface area contributed by atoms with E-state index in [-0.39, 0.29) is 0 Å². The lowest BCUT2D eigenvalue weighted by atomic mass is 9.88. The number of thioether (sulfide) groups is 1. The van der Waals surface area contributed by atoms with Crippen LogP contribution in [0.15, 0.2) is 11.4 Å². The van der Waals surface area contributed by atoms with Crippen LogP contribution in [0.5, 0.6) is 0 Å². The smallest absolute Gasteiger partial charge is 0.126 e. The summed E-state index contributed by atoms with van der Waals surface area (Å²) in [6.45, 7) is 6.73. The van der Waals surface area contributed by atoms with Gasteiger partial charge in [-0.3, -0.25) is 0 Å². The monoisotopic (exact) mass is 357 g/mol. The van der Waals surface area contributed by atoms with Crippen molar-refractivity contribution in [3.63, 3.8) is 0 Å². The van der Waals surface area contributed by atoms with Crippen molar-refractivity contribution < 1.29 is 0 Å². The van der Waals surface area contributed by atoms with E-state index in [0.29, 0.717) is 5.92 Å². The van der Waals surface area contributed by atoms with Gasteiger partial charge in [-0.25, -0.2) is 15.0 Å². The number of rotatable bonds is 4. The average molecular weight is 358 g/mol. The molecule has 3 aromatic rings. The van der Waals surface area contributed by atoms with E-state index >= 15 is 0 Å². The largest absolute Gasteiger partial charge is 0.242 e. The van der Waals surface area contributed by atoms with E-state index in [1.54, 1.807) is 17.7 Å².